The number of hydrogen-bond acceptors (Lipinski definition) is 1. The van der Waals surface area contributed by atoms with Crippen LogP contribution in [0.2, 0.25) is 0 Å². The molecule has 1 aliphatic rings. The third kappa shape index (κ3) is 5.04. The van der Waals surface area contributed by atoms with E-state index >= 15 is 0 Å². The van der Waals surface area contributed by atoms with Crippen LogP contribution in [0.5, 0.6) is 0 Å². The summed E-state index contributed by atoms with van der Waals surface area (Å²) in [6, 6.07) is 7.78. The molecule has 0 spiro atoms. The van der Waals surface area contributed by atoms with Crippen molar-refractivity contribution in [1.82, 2.24) is 4.90 Å². The maximum absolute atomic E-state index is 12.4. The van der Waals surface area contributed by atoms with E-state index in [9.17, 15) is 12.9 Å². The van der Waals surface area contributed by atoms with Crippen molar-refractivity contribution in [2.24, 2.45) is 0 Å². The quantitative estimate of drug-likeness (QED) is 0.672. The van der Waals surface area contributed by atoms with Gasteiger partial charge in [-0.05, 0) is 37.0 Å². The minimum absolute atomic E-state index is 0. The molecular formula is C11H14BF3KN. The molecule has 0 aromatic heterocycles. The molecule has 6 heteroatoms. The van der Waals surface area contributed by atoms with Crippen LogP contribution in [0.4, 0.5) is 12.9 Å². The Morgan fingerprint density at radius 1 is 1.12 bits per heavy atom. The summed E-state index contributed by atoms with van der Waals surface area (Å²) in [6.45, 7) is -3.75. The molecule has 0 aliphatic carbocycles. The van der Waals surface area contributed by atoms with E-state index in [0.717, 1.165) is 18.4 Å². The molecule has 0 N–H and O–H groups in total. The summed E-state index contributed by atoms with van der Waals surface area (Å²) >= 11 is 0. The van der Waals surface area contributed by atoms with Crippen LogP contribution in [0.25, 0.3) is 0 Å². The molecule has 0 saturated carbocycles. The SMILES string of the molecule is F[B-](F)(F)CN1CCCc2ccccc2C1.[K+]. The van der Waals surface area contributed by atoms with Crippen LogP contribution in [-0.4, -0.2) is 24.9 Å². The number of fused-ring (bicyclic) bond motifs is 1. The smallest absolute Gasteiger partial charge is 0.448 e. The van der Waals surface area contributed by atoms with E-state index in [4.69, 9.17) is 0 Å². The Kier molecular flexibility index (Phi) is 6.22. The van der Waals surface area contributed by atoms with Crippen molar-refractivity contribution >= 4 is 6.98 Å². The number of hydrogen-bond donors (Lipinski definition) is 0. The Balaban J connectivity index is 0.00000144. The Labute approximate surface area is 142 Å². The van der Waals surface area contributed by atoms with Crippen LogP contribution in [0.15, 0.2) is 24.3 Å². The molecule has 1 aromatic rings. The molecule has 1 heterocycles. The molecule has 1 aromatic carbocycles. The fourth-order valence-corrected chi connectivity index (χ4v) is 2.22. The zero-order valence-electron chi connectivity index (χ0n) is 10.0. The van der Waals surface area contributed by atoms with Crippen molar-refractivity contribution in [2.45, 2.75) is 19.4 Å². The van der Waals surface area contributed by atoms with Crippen LogP contribution < -0.4 is 51.4 Å². The van der Waals surface area contributed by atoms with Gasteiger partial charge >= 0.3 is 58.4 Å². The summed E-state index contributed by atoms with van der Waals surface area (Å²) in [7, 11) is 0. The van der Waals surface area contributed by atoms with Crippen LogP contribution in [0.3, 0.4) is 0 Å². The first kappa shape index (κ1) is 15.7. The van der Waals surface area contributed by atoms with Crippen molar-refractivity contribution in [2.75, 3.05) is 13.0 Å². The van der Waals surface area contributed by atoms with Crippen molar-refractivity contribution < 1.29 is 64.3 Å². The number of aryl methyl sites for hydroxylation is 1. The average Bonchev–Trinajstić information content (AvgIpc) is 2.36. The predicted octanol–water partition coefficient (Wildman–Crippen LogP) is -0.175. The molecular weight excluding hydrogens is 253 g/mol. The molecule has 1 nitrogen and oxygen atoms in total. The maximum Gasteiger partial charge on any atom is 1.00 e. The van der Waals surface area contributed by atoms with Crippen LogP contribution >= 0.6 is 0 Å². The minimum atomic E-state index is -4.71. The molecule has 0 atom stereocenters. The second kappa shape index (κ2) is 6.73. The second-order valence-electron chi connectivity index (χ2n) is 4.32. The minimum Gasteiger partial charge on any atom is -0.448 e. The van der Waals surface area contributed by atoms with E-state index in [1.165, 1.54) is 10.5 Å². The fraction of sp³-hybridized carbons (Fsp3) is 0.455. The van der Waals surface area contributed by atoms with Gasteiger partial charge in [0.25, 0.3) is 0 Å². The first-order valence-electron chi connectivity index (χ1n) is 5.55. The first-order valence-corrected chi connectivity index (χ1v) is 5.55. The Morgan fingerprint density at radius 2 is 1.76 bits per heavy atom. The van der Waals surface area contributed by atoms with Gasteiger partial charge in [-0.2, -0.15) is 0 Å². The number of rotatable bonds is 2. The molecule has 0 fully saturated rings. The van der Waals surface area contributed by atoms with Gasteiger partial charge in [-0.3, -0.25) is 0 Å². The van der Waals surface area contributed by atoms with Gasteiger partial charge in [0.2, 0.25) is 0 Å². The van der Waals surface area contributed by atoms with E-state index in [0.29, 0.717) is 13.1 Å². The van der Waals surface area contributed by atoms with E-state index < -0.39 is 13.4 Å². The van der Waals surface area contributed by atoms with Gasteiger partial charge in [-0.1, -0.05) is 24.3 Å². The summed E-state index contributed by atoms with van der Waals surface area (Å²) in [5.74, 6) is 0. The topological polar surface area (TPSA) is 3.24 Å². The molecule has 2 rings (SSSR count). The standard InChI is InChI=1S/C11H14BF3N.K/c13-12(14,15)9-16-7-3-6-10-4-1-2-5-11(10)8-16;/h1-2,4-5H,3,6-9H2;/q-1;+1. The van der Waals surface area contributed by atoms with E-state index in [-0.39, 0.29) is 51.4 Å². The van der Waals surface area contributed by atoms with Gasteiger partial charge < -0.3 is 17.8 Å². The Hall–Kier alpha value is 0.671. The third-order valence-electron chi connectivity index (χ3n) is 2.90. The van der Waals surface area contributed by atoms with E-state index in [1.807, 2.05) is 24.3 Å². The molecule has 88 valence electrons. The largest absolute Gasteiger partial charge is 1.00 e. The third-order valence-corrected chi connectivity index (χ3v) is 2.90. The molecule has 0 amide bonds. The number of nitrogens with zero attached hydrogens (tertiary/aromatic N) is 1. The van der Waals surface area contributed by atoms with E-state index in [1.54, 1.807) is 0 Å². The summed E-state index contributed by atoms with van der Waals surface area (Å²) in [5, 5.41) is 0. The Bertz CT molecular complexity index is 370. The zero-order chi connectivity index (χ0) is 11.6. The number of benzene rings is 1. The average molecular weight is 267 g/mol. The van der Waals surface area contributed by atoms with Gasteiger partial charge in [0, 0.05) is 6.54 Å². The summed E-state index contributed by atoms with van der Waals surface area (Å²) in [5.41, 5.74) is 2.24. The summed E-state index contributed by atoms with van der Waals surface area (Å²) < 4.78 is 37.1. The van der Waals surface area contributed by atoms with Crippen molar-refractivity contribution in [3.63, 3.8) is 0 Å². The molecule has 1 aliphatic heterocycles. The molecule has 17 heavy (non-hydrogen) atoms. The monoisotopic (exact) mass is 267 g/mol. The zero-order valence-corrected chi connectivity index (χ0v) is 13.1. The molecule has 0 bridgehead atoms. The van der Waals surface area contributed by atoms with Crippen molar-refractivity contribution in [1.29, 1.82) is 0 Å². The van der Waals surface area contributed by atoms with Gasteiger partial charge in [0.1, 0.15) is 0 Å². The van der Waals surface area contributed by atoms with Gasteiger partial charge in [0.15, 0.2) is 0 Å². The maximum atomic E-state index is 12.4. The van der Waals surface area contributed by atoms with Gasteiger partial charge in [-0.25, -0.2) is 0 Å². The van der Waals surface area contributed by atoms with Crippen molar-refractivity contribution in [3.8, 4) is 0 Å². The molecule has 0 unspecified atom stereocenters. The normalized spacial score (nSPS) is 16.9. The van der Waals surface area contributed by atoms with E-state index in [2.05, 4.69) is 0 Å². The van der Waals surface area contributed by atoms with Crippen LogP contribution in [0.1, 0.15) is 17.5 Å². The van der Waals surface area contributed by atoms with Crippen LogP contribution in [-0.2, 0) is 13.0 Å². The summed E-state index contributed by atoms with van der Waals surface area (Å²) in [4.78, 5) is 1.51. The van der Waals surface area contributed by atoms with Gasteiger partial charge in [0.05, 0.1) is 0 Å². The predicted molar refractivity (Wildman–Crippen MR) is 59.1 cm³/mol. The summed E-state index contributed by atoms with van der Waals surface area (Å²) in [6.07, 6.45) is 0.953. The molecule has 0 radical (unpaired) electrons. The number of halogens is 3. The van der Waals surface area contributed by atoms with Crippen molar-refractivity contribution in [3.05, 3.63) is 35.4 Å². The first-order chi connectivity index (χ1) is 7.54. The Morgan fingerprint density at radius 3 is 2.41 bits per heavy atom. The van der Waals surface area contributed by atoms with Gasteiger partial charge in [-0.15, -0.1) is 0 Å². The molecule has 0 saturated heterocycles. The van der Waals surface area contributed by atoms with Crippen LogP contribution in [0, 0.1) is 0 Å². The second-order valence-corrected chi connectivity index (χ2v) is 4.32. The fourth-order valence-electron chi connectivity index (χ4n) is 2.22.